The molecule has 0 saturated heterocycles. The van der Waals surface area contributed by atoms with Crippen molar-refractivity contribution < 1.29 is 8.78 Å². The largest absolute Gasteiger partial charge is 0.294 e. The molecule has 0 fully saturated rings. The summed E-state index contributed by atoms with van der Waals surface area (Å²) in [5.41, 5.74) is 2.57. The molecule has 1 aromatic carbocycles. The first-order valence-corrected chi connectivity index (χ1v) is 7.50. The fourth-order valence-corrected chi connectivity index (χ4v) is 2.54. The van der Waals surface area contributed by atoms with Crippen LogP contribution in [0.25, 0.3) is 11.3 Å². The van der Waals surface area contributed by atoms with Crippen LogP contribution in [0.4, 0.5) is 8.78 Å². The molecule has 124 valence electrons. The highest BCUT2D eigenvalue weighted by atomic mass is 19.1. The maximum Gasteiger partial charge on any atom is 0.135 e. The number of rotatable bonds is 5. The van der Waals surface area contributed by atoms with Gasteiger partial charge in [0.15, 0.2) is 0 Å². The van der Waals surface area contributed by atoms with E-state index in [1.54, 1.807) is 12.4 Å². The molecule has 3 rings (SSSR count). The van der Waals surface area contributed by atoms with E-state index in [9.17, 15) is 8.78 Å². The molecular formula is C17H17F2N5. The lowest BCUT2D eigenvalue weighted by atomic mass is 10.1. The first-order valence-electron chi connectivity index (χ1n) is 7.50. The van der Waals surface area contributed by atoms with Crippen molar-refractivity contribution in [1.82, 2.24) is 25.1 Å². The Hall–Kier alpha value is -2.67. The minimum absolute atomic E-state index is 0.0498. The van der Waals surface area contributed by atoms with Crippen LogP contribution in [0.5, 0.6) is 0 Å². The van der Waals surface area contributed by atoms with Crippen molar-refractivity contribution in [2.45, 2.75) is 19.5 Å². The number of hydrogen-bond acceptors (Lipinski definition) is 4. The molecule has 1 N–H and O–H groups in total. The summed E-state index contributed by atoms with van der Waals surface area (Å²) < 4.78 is 27.1. The molecule has 0 radical (unpaired) electrons. The molecule has 2 aromatic heterocycles. The van der Waals surface area contributed by atoms with E-state index in [-0.39, 0.29) is 6.04 Å². The predicted octanol–water partition coefficient (Wildman–Crippen LogP) is 3.34. The van der Waals surface area contributed by atoms with Gasteiger partial charge in [-0.05, 0) is 32.2 Å². The molecule has 0 spiro atoms. The monoisotopic (exact) mass is 329 g/mol. The number of hydrogen-bond donors (Lipinski definition) is 1. The number of nitrogens with one attached hydrogen (secondary N) is 1. The average Bonchev–Trinajstić information content (AvgIpc) is 3.03. The minimum Gasteiger partial charge on any atom is -0.294 e. The molecule has 0 aliphatic carbocycles. The Balaban J connectivity index is 1.83. The number of benzene rings is 1. The smallest absolute Gasteiger partial charge is 0.135 e. The third-order valence-corrected chi connectivity index (χ3v) is 4.03. The van der Waals surface area contributed by atoms with Gasteiger partial charge < -0.3 is 0 Å². The van der Waals surface area contributed by atoms with Gasteiger partial charge >= 0.3 is 0 Å². The van der Waals surface area contributed by atoms with E-state index in [0.29, 0.717) is 17.8 Å². The quantitative estimate of drug-likeness (QED) is 0.780. The Labute approximate surface area is 138 Å². The van der Waals surface area contributed by atoms with Crippen molar-refractivity contribution in [2.75, 3.05) is 7.05 Å². The second-order valence-corrected chi connectivity index (χ2v) is 5.62. The van der Waals surface area contributed by atoms with Crippen molar-refractivity contribution in [2.24, 2.45) is 0 Å². The van der Waals surface area contributed by atoms with Gasteiger partial charge in [0, 0.05) is 36.0 Å². The number of nitrogens with zero attached hydrogens (tertiary/aromatic N) is 4. The van der Waals surface area contributed by atoms with E-state index < -0.39 is 11.6 Å². The lowest BCUT2D eigenvalue weighted by molar-refractivity contribution is 0.249. The Kier molecular flexibility index (Phi) is 4.61. The van der Waals surface area contributed by atoms with Gasteiger partial charge in [0.1, 0.15) is 18.0 Å². The van der Waals surface area contributed by atoms with Gasteiger partial charge in [-0.25, -0.2) is 18.7 Å². The molecule has 0 aliphatic rings. The molecule has 0 amide bonds. The summed E-state index contributed by atoms with van der Waals surface area (Å²) in [6, 6.07) is 5.42. The fourth-order valence-electron chi connectivity index (χ4n) is 2.54. The molecule has 0 aliphatic heterocycles. The maximum absolute atomic E-state index is 14.0. The normalized spacial score (nSPS) is 12.5. The van der Waals surface area contributed by atoms with Crippen LogP contribution in [0.1, 0.15) is 24.2 Å². The highest BCUT2D eigenvalue weighted by Gasteiger charge is 2.18. The summed E-state index contributed by atoms with van der Waals surface area (Å²) in [6.07, 6.45) is 4.86. The first kappa shape index (κ1) is 16.2. The molecular weight excluding hydrogens is 312 g/mol. The van der Waals surface area contributed by atoms with Crippen LogP contribution in [0.2, 0.25) is 0 Å². The summed E-state index contributed by atoms with van der Waals surface area (Å²) in [5.74, 6) is -1.22. The zero-order chi connectivity index (χ0) is 17.1. The molecule has 2 heterocycles. The summed E-state index contributed by atoms with van der Waals surface area (Å²) in [7, 11) is 1.95. The summed E-state index contributed by atoms with van der Waals surface area (Å²) in [4.78, 5) is 10.2. The summed E-state index contributed by atoms with van der Waals surface area (Å²) in [6.45, 7) is 2.56. The molecule has 3 aromatic rings. The van der Waals surface area contributed by atoms with Crippen molar-refractivity contribution in [1.29, 1.82) is 0 Å². The zero-order valence-electron chi connectivity index (χ0n) is 13.4. The summed E-state index contributed by atoms with van der Waals surface area (Å²) in [5, 5.41) is 6.81. The van der Waals surface area contributed by atoms with Gasteiger partial charge in [0.25, 0.3) is 0 Å². The average molecular weight is 329 g/mol. The van der Waals surface area contributed by atoms with Crippen molar-refractivity contribution in [3.05, 3.63) is 65.9 Å². The number of H-pyrrole nitrogens is 1. The number of halogens is 2. The second kappa shape index (κ2) is 6.84. The zero-order valence-corrected chi connectivity index (χ0v) is 13.4. The van der Waals surface area contributed by atoms with Gasteiger partial charge in [-0.3, -0.25) is 10.00 Å². The lowest BCUT2D eigenvalue weighted by Crippen LogP contribution is -2.22. The van der Waals surface area contributed by atoms with Crippen LogP contribution in [-0.4, -0.2) is 32.1 Å². The fraction of sp³-hybridized carbons (Fsp3) is 0.235. The van der Waals surface area contributed by atoms with Crippen molar-refractivity contribution in [3.63, 3.8) is 0 Å². The molecule has 24 heavy (non-hydrogen) atoms. The van der Waals surface area contributed by atoms with Crippen LogP contribution in [-0.2, 0) is 6.54 Å². The van der Waals surface area contributed by atoms with Crippen LogP contribution in [0, 0.1) is 11.6 Å². The SMILES string of the molecule is C[C@@H](c1ccncn1)N(C)Cc1cn[nH]c1-c1ccc(F)cc1F. The van der Waals surface area contributed by atoms with Crippen molar-refractivity contribution in [3.8, 4) is 11.3 Å². The standard InChI is InChI=1S/C17H17F2N5/c1-11(16-5-6-20-10-21-16)24(2)9-12-8-22-23-17(12)14-4-3-13(18)7-15(14)19/h3-8,10-11H,9H2,1-2H3,(H,22,23)/t11-/m0/s1. The third kappa shape index (κ3) is 3.30. The van der Waals surface area contributed by atoms with E-state index >= 15 is 0 Å². The molecule has 0 bridgehead atoms. The van der Waals surface area contributed by atoms with Gasteiger partial charge in [-0.1, -0.05) is 0 Å². The molecule has 0 unspecified atom stereocenters. The van der Waals surface area contributed by atoms with E-state index in [4.69, 9.17) is 0 Å². The van der Waals surface area contributed by atoms with Gasteiger partial charge in [-0.15, -0.1) is 0 Å². The van der Waals surface area contributed by atoms with Crippen LogP contribution in [0.15, 0.2) is 43.0 Å². The van der Waals surface area contributed by atoms with Crippen LogP contribution in [0.3, 0.4) is 0 Å². The van der Waals surface area contributed by atoms with E-state index in [0.717, 1.165) is 17.3 Å². The highest BCUT2D eigenvalue weighted by molar-refractivity contribution is 5.63. The molecule has 5 nitrogen and oxygen atoms in total. The number of aromatic nitrogens is 4. The minimum atomic E-state index is -0.619. The Morgan fingerprint density at radius 1 is 1.25 bits per heavy atom. The van der Waals surface area contributed by atoms with E-state index in [2.05, 4.69) is 25.1 Å². The summed E-state index contributed by atoms with van der Waals surface area (Å²) >= 11 is 0. The Morgan fingerprint density at radius 2 is 2.08 bits per heavy atom. The second-order valence-electron chi connectivity index (χ2n) is 5.62. The molecule has 7 heteroatoms. The van der Waals surface area contributed by atoms with E-state index in [1.807, 2.05) is 20.0 Å². The Morgan fingerprint density at radius 3 is 2.79 bits per heavy atom. The Bertz CT molecular complexity index is 819. The van der Waals surface area contributed by atoms with Crippen LogP contribution < -0.4 is 0 Å². The number of aromatic amines is 1. The van der Waals surface area contributed by atoms with E-state index in [1.165, 1.54) is 18.5 Å². The van der Waals surface area contributed by atoms with Gasteiger partial charge in [-0.2, -0.15) is 5.10 Å². The topological polar surface area (TPSA) is 57.7 Å². The van der Waals surface area contributed by atoms with Crippen molar-refractivity contribution >= 4 is 0 Å². The van der Waals surface area contributed by atoms with Crippen LogP contribution >= 0.6 is 0 Å². The molecule has 0 saturated carbocycles. The van der Waals surface area contributed by atoms with Gasteiger partial charge in [0.05, 0.1) is 17.6 Å². The molecule has 1 atom stereocenters. The third-order valence-electron chi connectivity index (χ3n) is 4.03. The predicted molar refractivity (Wildman–Crippen MR) is 85.9 cm³/mol. The lowest BCUT2D eigenvalue weighted by Gasteiger charge is -2.24. The highest BCUT2D eigenvalue weighted by Crippen LogP contribution is 2.27. The van der Waals surface area contributed by atoms with Gasteiger partial charge in [0.2, 0.25) is 0 Å². The first-order chi connectivity index (χ1) is 11.6. The maximum atomic E-state index is 14.0.